The average molecular weight is 503 g/mol. The van der Waals surface area contributed by atoms with Gasteiger partial charge in [0.05, 0.1) is 22.1 Å². The summed E-state index contributed by atoms with van der Waals surface area (Å²) in [5.41, 5.74) is 2.96. The van der Waals surface area contributed by atoms with E-state index in [2.05, 4.69) is 5.32 Å². The van der Waals surface area contributed by atoms with E-state index in [0.29, 0.717) is 22.6 Å². The van der Waals surface area contributed by atoms with Crippen LogP contribution in [0.15, 0.2) is 65.9 Å². The van der Waals surface area contributed by atoms with Gasteiger partial charge < -0.3 is 14.8 Å². The van der Waals surface area contributed by atoms with Crippen molar-refractivity contribution < 1.29 is 19.2 Å². The molecule has 1 aliphatic heterocycles. The van der Waals surface area contributed by atoms with Crippen LogP contribution >= 0.6 is 0 Å². The molecular formula is C28H30N4O5. The number of rotatable bonds is 7. The molecule has 9 nitrogen and oxygen atoms in total. The summed E-state index contributed by atoms with van der Waals surface area (Å²) < 4.78 is 13.3. The Morgan fingerprint density at radius 3 is 2.51 bits per heavy atom. The minimum Gasteiger partial charge on any atom is -0.455 e. The number of aryl methyl sites for hydroxylation is 1. The summed E-state index contributed by atoms with van der Waals surface area (Å²) >= 11 is 0. The van der Waals surface area contributed by atoms with Crippen molar-refractivity contribution in [2.75, 3.05) is 5.32 Å². The second-order valence-corrected chi connectivity index (χ2v) is 9.57. The minimum absolute atomic E-state index is 0.0479. The van der Waals surface area contributed by atoms with Crippen LogP contribution in [0.1, 0.15) is 68.2 Å². The first-order valence-electron chi connectivity index (χ1n) is 12.6. The molecule has 2 aliphatic rings. The fourth-order valence-corrected chi connectivity index (χ4v) is 5.51. The third-order valence-corrected chi connectivity index (χ3v) is 7.12. The van der Waals surface area contributed by atoms with E-state index in [1.807, 2.05) is 25.2 Å². The van der Waals surface area contributed by atoms with E-state index >= 15 is 0 Å². The van der Waals surface area contributed by atoms with Crippen LogP contribution in [-0.4, -0.2) is 27.0 Å². The van der Waals surface area contributed by atoms with Crippen molar-refractivity contribution in [3.63, 3.8) is 0 Å². The molecule has 0 bridgehead atoms. The Hall–Kier alpha value is -4.14. The third-order valence-electron chi connectivity index (χ3n) is 7.12. The van der Waals surface area contributed by atoms with Crippen LogP contribution in [0.5, 0.6) is 5.75 Å². The van der Waals surface area contributed by atoms with Gasteiger partial charge in [0.1, 0.15) is 11.6 Å². The lowest BCUT2D eigenvalue weighted by molar-refractivity contribution is -0.385. The van der Waals surface area contributed by atoms with Crippen molar-refractivity contribution in [1.82, 2.24) is 9.78 Å². The topological polar surface area (TPSA) is 109 Å². The number of allylic oxidation sites excluding steroid dienone is 1. The molecule has 0 amide bonds. The van der Waals surface area contributed by atoms with Crippen LogP contribution < -0.4 is 10.1 Å². The molecule has 1 N–H and O–H groups in total. The molecule has 0 radical (unpaired) electrons. The molecule has 2 unspecified atom stereocenters. The second kappa shape index (κ2) is 10.1. The summed E-state index contributed by atoms with van der Waals surface area (Å²) in [6.07, 6.45) is 3.34. The molecule has 37 heavy (non-hydrogen) atoms. The minimum atomic E-state index is -0.869. The molecule has 1 aliphatic carbocycles. The summed E-state index contributed by atoms with van der Waals surface area (Å²) in [7, 11) is 1.85. The number of benzene rings is 2. The van der Waals surface area contributed by atoms with E-state index in [1.54, 1.807) is 48.9 Å². The van der Waals surface area contributed by atoms with Gasteiger partial charge in [-0.05, 0) is 31.9 Å². The molecule has 1 saturated carbocycles. The normalized spacial score (nSPS) is 18.2. The Bertz CT molecular complexity index is 1360. The van der Waals surface area contributed by atoms with Crippen molar-refractivity contribution >= 4 is 17.5 Å². The molecule has 3 aromatic rings. The summed E-state index contributed by atoms with van der Waals surface area (Å²) in [5, 5.41) is 20.3. The standard InChI is InChI=1S/C28H30N4O5/c1-17-23(28(33)37-18(2)36-20-13-5-4-6-14-20)24(21-15-9-10-16-22(21)32(34)35)25-26(19-11-7-8-12-19)30-31(3)27(25)29-17/h4-6,9-10,13-16,18-19,24,29H,7-8,11-12H2,1-3H3. The van der Waals surface area contributed by atoms with E-state index in [1.165, 1.54) is 6.07 Å². The number of hydrogen-bond donors (Lipinski definition) is 1. The maximum absolute atomic E-state index is 13.7. The predicted octanol–water partition coefficient (Wildman–Crippen LogP) is 5.79. The maximum atomic E-state index is 13.7. The Labute approximate surface area is 215 Å². The SMILES string of the molecule is CC1=C(C(=O)OC(C)Oc2ccccc2)C(c2ccccc2[N+](=O)[O-])c2c(C3CCCC3)nn(C)c2N1. The monoisotopic (exact) mass is 502 g/mol. The Balaban J connectivity index is 1.59. The fourth-order valence-electron chi connectivity index (χ4n) is 5.51. The zero-order chi connectivity index (χ0) is 26.1. The molecule has 2 heterocycles. The van der Waals surface area contributed by atoms with Crippen LogP contribution in [0, 0.1) is 10.1 Å². The lowest BCUT2D eigenvalue weighted by Crippen LogP contribution is -2.29. The van der Waals surface area contributed by atoms with Gasteiger partial charge in [-0.3, -0.25) is 14.8 Å². The summed E-state index contributed by atoms with van der Waals surface area (Å²) in [4.78, 5) is 25.4. The number of esters is 1. The highest BCUT2D eigenvalue weighted by molar-refractivity contribution is 5.95. The lowest BCUT2D eigenvalue weighted by Gasteiger charge is -2.30. The number of nitro benzene ring substituents is 1. The first-order chi connectivity index (χ1) is 17.8. The maximum Gasteiger partial charge on any atom is 0.339 e. The van der Waals surface area contributed by atoms with Crippen molar-refractivity contribution in [2.24, 2.45) is 7.05 Å². The molecule has 2 atom stereocenters. The largest absolute Gasteiger partial charge is 0.455 e. The number of anilines is 1. The Morgan fingerprint density at radius 1 is 1.14 bits per heavy atom. The van der Waals surface area contributed by atoms with Gasteiger partial charge in [0.15, 0.2) is 0 Å². The number of aromatic nitrogens is 2. The predicted molar refractivity (Wildman–Crippen MR) is 138 cm³/mol. The third kappa shape index (κ3) is 4.69. The Morgan fingerprint density at radius 2 is 1.81 bits per heavy atom. The molecule has 5 rings (SSSR count). The van der Waals surface area contributed by atoms with Gasteiger partial charge in [-0.1, -0.05) is 49.2 Å². The number of hydrogen-bond acceptors (Lipinski definition) is 7. The molecule has 9 heteroatoms. The highest BCUT2D eigenvalue weighted by Gasteiger charge is 2.42. The van der Waals surface area contributed by atoms with Crippen LogP contribution in [-0.2, 0) is 16.6 Å². The van der Waals surface area contributed by atoms with Gasteiger partial charge in [-0.15, -0.1) is 0 Å². The van der Waals surface area contributed by atoms with Crippen molar-refractivity contribution in [3.8, 4) is 5.75 Å². The van der Waals surface area contributed by atoms with Crippen LogP contribution in [0.25, 0.3) is 0 Å². The average Bonchev–Trinajstić information content (AvgIpc) is 3.52. The van der Waals surface area contributed by atoms with Crippen molar-refractivity contribution in [3.05, 3.63) is 92.8 Å². The van der Waals surface area contributed by atoms with Gasteiger partial charge in [-0.25, -0.2) is 4.79 Å². The second-order valence-electron chi connectivity index (χ2n) is 9.57. The summed E-state index contributed by atoms with van der Waals surface area (Å²) in [6, 6.07) is 15.7. The number of ether oxygens (including phenoxy) is 2. The Kier molecular flexibility index (Phi) is 6.69. The fraction of sp³-hybridized carbons (Fsp3) is 0.357. The van der Waals surface area contributed by atoms with E-state index in [-0.39, 0.29) is 11.6 Å². The van der Waals surface area contributed by atoms with Gasteiger partial charge in [0.25, 0.3) is 5.69 Å². The van der Waals surface area contributed by atoms with Gasteiger partial charge in [0, 0.05) is 42.8 Å². The van der Waals surface area contributed by atoms with Crippen LogP contribution in [0.3, 0.4) is 0 Å². The summed E-state index contributed by atoms with van der Waals surface area (Å²) in [6.45, 7) is 3.43. The first-order valence-corrected chi connectivity index (χ1v) is 12.6. The van der Waals surface area contributed by atoms with Crippen molar-refractivity contribution in [1.29, 1.82) is 0 Å². The zero-order valence-corrected chi connectivity index (χ0v) is 21.1. The number of fused-ring (bicyclic) bond motifs is 1. The van der Waals surface area contributed by atoms with Crippen LogP contribution in [0.2, 0.25) is 0 Å². The number of nitrogens with zero attached hydrogens (tertiary/aromatic N) is 3. The van der Waals surface area contributed by atoms with E-state index in [9.17, 15) is 14.9 Å². The smallest absolute Gasteiger partial charge is 0.339 e. The number of nitrogens with one attached hydrogen (secondary N) is 1. The highest BCUT2D eigenvalue weighted by Crippen LogP contribution is 2.49. The lowest BCUT2D eigenvalue weighted by atomic mass is 9.79. The van der Waals surface area contributed by atoms with Crippen LogP contribution in [0.4, 0.5) is 11.5 Å². The molecular weight excluding hydrogens is 472 g/mol. The number of carbonyl (C=O) groups is 1. The van der Waals surface area contributed by atoms with Crippen molar-refractivity contribution in [2.45, 2.75) is 57.7 Å². The summed E-state index contributed by atoms with van der Waals surface area (Å²) in [5.74, 6) is 0.247. The molecule has 192 valence electrons. The van der Waals surface area contributed by atoms with E-state index in [0.717, 1.165) is 42.8 Å². The van der Waals surface area contributed by atoms with E-state index in [4.69, 9.17) is 14.6 Å². The molecule has 0 spiro atoms. The zero-order valence-electron chi connectivity index (χ0n) is 21.1. The first kappa shape index (κ1) is 24.5. The van der Waals surface area contributed by atoms with Gasteiger partial charge >= 0.3 is 5.97 Å². The molecule has 1 fully saturated rings. The molecule has 0 saturated heterocycles. The number of para-hydroxylation sites is 2. The van der Waals surface area contributed by atoms with Gasteiger partial charge in [-0.2, -0.15) is 5.10 Å². The molecule has 1 aromatic heterocycles. The number of carbonyl (C=O) groups excluding carboxylic acids is 1. The number of nitro groups is 1. The molecule has 2 aromatic carbocycles. The highest BCUT2D eigenvalue weighted by atomic mass is 16.7. The van der Waals surface area contributed by atoms with E-state index < -0.39 is 23.1 Å². The quantitative estimate of drug-likeness (QED) is 0.189. The van der Waals surface area contributed by atoms with Gasteiger partial charge in [0.2, 0.25) is 6.29 Å².